The number of hydrogen-bond acceptors (Lipinski definition) is 2. The predicted molar refractivity (Wildman–Crippen MR) is 93.3 cm³/mol. The molecule has 0 saturated heterocycles. The fraction of sp³-hybridized carbons (Fsp3) is 0.0476. The second kappa shape index (κ2) is 6.43. The van der Waals surface area contributed by atoms with Crippen LogP contribution < -0.4 is 9.78 Å². The van der Waals surface area contributed by atoms with Gasteiger partial charge < -0.3 is 9.78 Å². The summed E-state index contributed by atoms with van der Waals surface area (Å²) in [7, 11) is 0. The van der Waals surface area contributed by atoms with Gasteiger partial charge in [-0.3, -0.25) is 0 Å². The van der Waals surface area contributed by atoms with Crippen molar-refractivity contribution in [1.29, 1.82) is 0 Å². The summed E-state index contributed by atoms with van der Waals surface area (Å²) in [6.07, 6.45) is 0.366. The summed E-state index contributed by atoms with van der Waals surface area (Å²) in [5.41, 5.74) is 1.42. The molecule has 0 amide bonds. The van der Waals surface area contributed by atoms with E-state index in [1.165, 1.54) is 0 Å². The molecule has 25 heavy (non-hydrogen) atoms. The van der Waals surface area contributed by atoms with Crippen LogP contribution in [0.4, 0.5) is 0 Å². The highest BCUT2D eigenvalue weighted by atomic mass is 17.1. The lowest BCUT2D eigenvalue weighted by Gasteiger charge is -2.12. The summed E-state index contributed by atoms with van der Waals surface area (Å²) >= 11 is 0. The van der Waals surface area contributed by atoms with Gasteiger partial charge in [-0.1, -0.05) is 72.8 Å². The van der Waals surface area contributed by atoms with Crippen molar-refractivity contribution in [2.24, 2.45) is 0 Å². The molecule has 4 heteroatoms. The molecule has 0 bridgehead atoms. The van der Waals surface area contributed by atoms with Gasteiger partial charge in [0.05, 0.1) is 0 Å². The van der Waals surface area contributed by atoms with E-state index in [1.54, 1.807) is 0 Å². The number of benzene rings is 4. The minimum absolute atomic E-state index is 0.281. The first-order valence-electron chi connectivity index (χ1n) is 7.92. The third-order valence-electron chi connectivity index (χ3n) is 4.47. The molecule has 0 N–H and O–H groups in total. The van der Waals surface area contributed by atoms with Crippen LogP contribution >= 0.6 is 0 Å². The van der Waals surface area contributed by atoms with Crippen LogP contribution in [-0.2, 0) is 16.9 Å². The first-order chi connectivity index (χ1) is 12.3. The van der Waals surface area contributed by atoms with Crippen molar-refractivity contribution in [2.45, 2.75) is 6.42 Å². The molecule has 4 rings (SSSR count). The second-order valence-corrected chi connectivity index (χ2v) is 5.89. The van der Waals surface area contributed by atoms with Crippen molar-refractivity contribution < 1.29 is 20.3 Å². The Bertz CT molecular complexity index is 971. The van der Waals surface area contributed by atoms with Gasteiger partial charge in [0.2, 0.25) is 0 Å². The van der Waals surface area contributed by atoms with Gasteiger partial charge in [-0.2, -0.15) is 0 Å². The summed E-state index contributed by atoms with van der Waals surface area (Å²) < 4.78 is 0. The minimum atomic E-state index is 0.281. The summed E-state index contributed by atoms with van der Waals surface area (Å²) in [6.45, 7) is 0. The van der Waals surface area contributed by atoms with Crippen molar-refractivity contribution in [3.05, 3.63) is 83.9 Å². The zero-order chi connectivity index (χ0) is 17.2. The lowest BCUT2D eigenvalue weighted by atomic mass is 9.97. The SMILES string of the molecule is [O]Oc1c(Cc2ccc3ccccc3c2O[O])ccc2ccccc12. The monoisotopic (exact) mass is 330 g/mol. The third kappa shape index (κ3) is 2.67. The van der Waals surface area contributed by atoms with Crippen molar-refractivity contribution in [3.8, 4) is 11.5 Å². The van der Waals surface area contributed by atoms with Gasteiger partial charge in [0.15, 0.2) is 11.5 Å². The maximum Gasteiger partial charge on any atom is 0.180 e. The maximum absolute atomic E-state index is 11.3. The van der Waals surface area contributed by atoms with Crippen molar-refractivity contribution in [3.63, 3.8) is 0 Å². The van der Waals surface area contributed by atoms with Crippen molar-refractivity contribution in [1.82, 2.24) is 0 Å². The van der Waals surface area contributed by atoms with Crippen LogP contribution in [0.3, 0.4) is 0 Å². The van der Waals surface area contributed by atoms with Crippen LogP contribution in [-0.4, -0.2) is 0 Å². The lowest BCUT2D eigenvalue weighted by Crippen LogP contribution is -1.98. The summed E-state index contributed by atoms with van der Waals surface area (Å²) in [5, 5.41) is 26.0. The molecule has 0 heterocycles. The highest BCUT2D eigenvalue weighted by molar-refractivity contribution is 5.91. The van der Waals surface area contributed by atoms with Gasteiger partial charge in [-0.05, 0) is 10.8 Å². The van der Waals surface area contributed by atoms with Crippen LogP contribution in [0.5, 0.6) is 11.5 Å². The number of hydrogen-bond donors (Lipinski definition) is 0. The van der Waals surface area contributed by atoms with Gasteiger partial charge in [-0.25, -0.2) is 0 Å². The Morgan fingerprint density at radius 3 is 1.44 bits per heavy atom. The number of fused-ring (bicyclic) bond motifs is 2. The third-order valence-corrected chi connectivity index (χ3v) is 4.47. The van der Waals surface area contributed by atoms with E-state index in [-0.39, 0.29) is 11.5 Å². The fourth-order valence-corrected chi connectivity index (χ4v) is 3.26. The van der Waals surface area contributed by atoms with Crippen LogP contribution in [0.25, 0.3) is 21.5 Å². The molecule has 0 fully saturated rings. The van der Waals surface area contributed by atoms with Gasteiger partial charge in [0.1, 0.15) is 0 Å². The highest BCUT2D eigenvalue weighted by Crippen LogP contribution is 2.35. The smallest absolute Gasteiger partial charge is 0.180 e. The van der Waals surface area contributed by atoms with Gasteiger partial charge >= 0.3 is 0 Å². The van der Waals surface area contributed by atoms with Crippen LogP contribution in [0.15, 0.2) is 72.8 Å². The quantitative estimate of drug-likeness (QED) is 0.389. The van der Waals surface area contributed by atoms with E-state index in [0.29, 0.717) is 17.5 Å². The molecule has 0 aromatic heterocycles. The molecule has 0 aliphatic heterocycles. The van der Waals surface area contributed by atoms with Crippen LogP contribution in [0, 0.1) is 0 Å². The summed E-state index contributed by atoms with van der Waals surface area (Å²) in [6, 6.07) is 22.6. The first-order valence-corrected chi connectivity index (χ1v) is 7.92. The second-order valence-electron chi connectivity index (χ2n) is 5.89. The molecule has 4 nitrogen and oxygen atoms in total. The Kier molecular flexibility index (Phi) is 3.98. The summed E-state index contributed by atoms with van der Waals surface area (Å²) in [5.74, 6) is 0.561. The van der Waals surface area contributed by atoms with E-state index in [0.717, 1.165) is 21.5 Å². The fourth-order valence-electron chi connectivity index (χ4n) is 3.26. The molecular weight excluding hydrogens is 316 g/mol. The molecule has 4 aromatic rings. The van der Waals surface area contributed by atoms with Crippen molar-refractivity contribution in [2.75, 3.05) is 0 Å². The maximum atomic E-state index is 11.3. The van der Waals surface area contributed by atoms with E-state index >= 15 is 0 Å². The van der Waals surface area contributed by atoms with Crippen LogP contribution in [0.2, 0.25) is 0 Å². The summed E-state index contributed by atoms with van der Waals surface area (Å²) in [4.78, 5) is 8.85. The Balaban J connectivity index is 1.85. The minimum Gasteiger partial charge on any atom is -0.304 e. The zero-order valence-corrected chi connectivity index (χ0v) is 13.3. The Morgan fingerprint density at radius 2 is 1.00 bits per heavy atom. The number of rotatable bonds is 4. The van der Waals surface area contributed by atoms with Gasteiger partial charge in [0.25, 0.3) is 0 Å². The molecule has 0 atom stereocenters. The lowest BCUT2D eigenvalue weighted by molar-refractivity contribution is -0.208. The predicted octanol–water partition coefficient (Wildman–Crippen LogP) is 5.03. The Labute approximate surface area is 144 Å². The van der Waals surface area contributed by atoms with E-state index in [9.17, 15) is 10.5 Å². The highest BCUT2D eigenvalue weighted by Gasteiger charge is 2.15. The molecule has 0 aliphatic rings. The molecular formula is C21H14O4. The molecule has 0 aliphatic carbocycles. The average molecular weight is 330 g/mol. The molecule has 4 aromatic carbocycles. The topological polar surface area (TPSA) is 58.3 Å². The van der Waals surface area contributed by atoms with Crippen molar-refractivity contribution >= 4 is 21.5 Å². The molecule has 0 saturated carbocycles. The molecule has 122 valence electrons. The molecule has 0 unspecified atom stereocenters. The molecule has 0 spiro atoms. The van der Waals surface area contributed by atoms with Gasteiger partial charge in [0, 0.05) is 38.8 Å². The average Bonchev–Trinajstić information content (AvgIpc) is 2.67. The standard InChI is InChI=1S/C21H14O4/c22-24-20-16(11-9-14-5-1-3-7-18(14)20)13-17-12-10-15-6-2-4-8-19(15)21(17)25-23/h1-12H,13H2. The Hall–Kier alpha value is -3.08. The first kappa shape index (κ1) is 15.4. The van der Waals surface area contributed by atoms with E-state index in [1.807, 2.05) is 72.8 Å². The van der Waals surface area contributed by atoms with Crippen LogP contribution in [0.1, 0.15) is 11.1 Å². The Morgan fingerprint density at radius 1 is 0.560 bits per heavy atom. The van der Waals surface area contributed by atoms with E-state index in [4.69, 9.17) is 0 Å². The van der Waals surface area contributed by atoms with Gasteiger partial charge in [-0.15, -0.1) is 0 Å². The normalized spacial score (nSPS) is 11.0. The zero-order valence-electron chi connectivity index (χ0n) is 13.3. The van der Waals surface area contributed by atoms with E-state index in [2.05, 4.69) is 9.78 Å². The molecule has 2 radical (unpaired) electrons. The largest absolute Gasteiger partial charge is 0.304 e. The van der Waals surface area contributed by atoms with E-state index < -0.39 is 0 Å².